The van der Waals surface area contributed by atoms with Crippen LogP contribution in [0.3, 0.4) is 0 Å². The molecule has 0 aliphatic carbocycles. The highest BCUT2D eigenvalue weighted by Gasteiger charge is 2.31. The van der Waals surface area contributed by atoms with Crippen LogP contribution in [0.25, 0.3) is 0 Å². The van der Waals surface area contributed by atoms with Gasteiger partial charge in [-0.2, -0.15) is 0 Å². The molecule has 1 aliphatic heterocycles. The maximum atomic E-state index is 13.3. The first-order valence-corrected chi connectivity index (χ1v) is 5.14. The zero-order valence-corrected chi connectivity index (χ0v) is 9.07. The lowest BCUT2D eigenvalue weighted by Gasteiger charge is -2.23. The van der Waals surface area contributed by atoms with Crippen molar-refractivity contribution in [1.82, 2.24) is 4.90 Å². The minimum Gasteiger partial charge on any atom is -0.465 e. The summed E-state index contributed by atoms with van der Waals surface area (Å²) < 4.78 is 23.9. The second-order valence-corrected chi connectivity index (χ2v) is 4.05. The molecule has 84 valence electrons. The van der Waals surface area contributed by atoms with Crippen LogP contribution in [-0.2, 0) is 11.3 Å². The molecule has 0 aromatic carbocycles. The van der Waals surface area contributed by atoms with E-state index in [1.54, 1.807) is 0 Å². The smallest absolute Gasteiger partial charge is 0.141 e. The number of hydrogen-bond donors (Lipinski definition) is 0. The van der Waals surface area contributed by atoms with Gasteiger partial charge >= 0.3 is 0 Å². The lowest BCUT2D eigenvalue weighted by Crippen LogP contribution is -2.37. The van der Waals surface area contributed by atoms with Gasteiger partial charge in [-0.3, -0.25) is 4.90 Å². The third-order valence-electron chi connectivity index (χ3n) is 2.75. The molecule has 2 rings (SSSR count). The van der Waals surface area contributed by atoms with E-state index in [9.17, 15) is 4.39 Å². The van der Waals surface area contributed by atoms with Gasteiger partial charge in [0, 0.05) is 0 Å². The SMILES string of the molecule is Cc1ccc(CN(C)[C@@H]2COC[C@H]2F)o1. The zero-order chi connectivity index (χ0) is 10.8. The predicted molar refractivity (Wildman–Crippen MR) is 54.4 cm³/mol. The third-order valence-corrected chi connectivity index (χ3v) is 2.75. The molecule has 2 heterocycles. The molecule has 0 saturated carbocycles. The second-order valence-electron chi connectivity index (χ2n) is 4.05. The molecule has 1 saturated heterocycles. The van der Waals surface area contributed by atoms with Gasteiger partial charge in [0.05, 0.1) is 25.8 Å². The van der Waals surface area contributed by atoms with Gasteiger partial charge in [-0.15, -0.1) is 0 Å². The van der Waals surface area contributed by atoms with Crippen LogP contribution >= 0.6 is 0 Å². The van der Waals surface area contributed by atoms with Crippen molar-refractivity contribution in [3.63, 3.8) is 0 Å². The van der Waals surface area contributed by atoms with E-state index in [4.69, 9.17) is 9.15 Å². The van der Waals surface area contributed by atoms with Gasteiger partial charge in [-0.25, -0.2) is 4.39 Å². The third kappa shape index (κ3) is 2.38. The van der Waals surface area contributed by atoms with Gasteiger partial charge in [0.25, 0.3) is 0 Å². The predicted octanol–water partition coefficient (Wildman–Crippen LogP) is 1.76. The number of nitrogens with zero attached hydrogens (tertiary/aromatic N) is 1. The Labute approximate surface area is 88.8 Å². The Bertz CT molecular complexity index is 326. The van der Waals surface area contributed by atoms with Gasteiger partial charge in [0.2, 0.25) is 0 Å². The summed E-state index contributed by atoms with van der Waals surface area (Å²) in [5.74, 6) is 1.76. The highest BCUT2D eigenvalue weighted by atomic mass is 19.1. The molecule has 0 N–H and O–H groups in total. The molecule has 4 heteroatoms. The largest absolute Gasteiger partial charge is 0.465 e. The molecule has 1 aromatic rings. The average molecular weight is 213 g/mol. The molecule has 0 radical (unpaired) electrons. The van der Waals surface area contributed by atoms with Gasteiger partial charge in [-0.05, 0) is 26.1 Å². The summed E-state index contributed by atoms with van der Waals surface area (Å²) in [7, 11) is 1.89. The van der Waals surface area contributed by atoms with Crippen molar-refractivity contribution in [2.24, 2.45) is 0 Å². The maximum absolute atomic E-state index is 13.3. The van der Waals surface area contributed by atoms with E-state index < -0.39 is 6.17 Å². The Kier molecular flexibility index (Phi) is 3.07. The molecule has 15 heavy (non-hydrogen) atoms. The van der Waals surface area contributed by atoms with Gasteiger partial charge in [-0.1, -0.05) is 0 Å². The van der Waals surface area contributed by atoms with Crippen molar-refractivity contribution in [2.75, 3.05) is 20.3 Å². The van der Waals surface area contributed by atoms with Crippen LogP contribution in [0.4, 0.5) is 4.39 Å². The molecule has 0 spiro atoms. The first-order valence-electron chi connectivity index (χ1n) is 5.14. The monoisotopic (exact) mass is 213 g/mol. The number of ether oxygens (including phenoxy) is 1. The maximum Gasteiger partial charge on any atom is 0.141 e. The quantitative estimate of drug-likeness (QED) is 0.765. The van der Waals surface area contributed by atoms with E-state index in [2.05, 4.69) is 0 Å². The summed E-state index contributed by atoms with van der Waals surface area (Å²) in [5.41, 5.74) is 0. The summed E-state index contributed by atoms with van der Waals surface area (Å²) in [5, 5.41) is 0. The molecule has 2 atom stereocenters. The lowest BCUT2D eigenvalue weighted by molar-refractivity contribution is 0.146. The van der Waals surface area contributed by atoms with Gasteiger partial charge in [0.15, 0.2) is 0 Å². The van der Waals surface area contributed by atoms with E-state index in [1.165, 1.54) is 0 Å². The standard InChI is InChI=1S/C11H16FNO2/c1-8-3-4-9(15-8)5-13(2)11-7-14-6-10(11)12/h3-4,10-11H,5-7H2,1-2H3/t10-,11-/m1/s1. The highest BCUT2D eigenvalue weighted by Crippen LogP contribution is 2.18. The lowest BCUT2D eigenvalue weighted by atomic mass is 10.2. The molecule has 1 aromatic heterocycles. The number of aryl methyl sites for hydroxylation is 1. The van der Waals surface area contributed by atoms with Crippen LogP contribution in [0.15, 0.2) is 16.5 Å². The summed E-state index contributed by atoms with van der Waals surface area (Å²) in [6, 6.07) is 3.70. The van der Waals surface area contributed by atoms with Crippen LogP contribution in [-0.4, -0.2) is 37.4 Å². The van der Waals surface area contributed by atoms with Crippen LogP contribution in [0.5, 0.6) is 0 Å². The molecule has 0 unspecified atom stereocenters. The summed E-state index contributed by atoms with van der Waals surface area (Å²) in [4.78, 5) is 1.94. The second kappa shape index (κ2) is 4.33. The number of rotatable bonds is 3. The van der Waals surface area contributed by atoms with Crippen molar-refractivity contribution in [3.8, 4) is 0 Å². The molecular weight excluding hydrogens is 197 g/mol. The fourth-order valence-corrected chi connectivity index (χ4v) is 1.85. The Balaban J connectivity index is 1.94. The van der Waals surface area contributed by atoms with Crippen molar-refractivity contribution < 1.29 is 13.5 Å². The van der Waals surface area contributed by atoms with E-state index in [1.807, 2.05) is 31.0 Å². The molecule has 1 aliphatic rings. The van der Waals surface area contributed by atoms with Crippen LogP contribution in [0.2, 0.25) is 0 Å². The zero-order valence-electron chi connectivity index (χ0n) is 9.07. The Morgan fingerprint density at radius 2 is 2.27 bits per heavy atom. The van der Waals surface area contributed by atoms with Crippen molar-refractivity contribution in [2.45, 2.75) is 25.7 Å². The number of alkyl halides is 1. The van der Waals surface area contributed by atoms with Crippen LogP contribution < -0.4 is 0 Å². The fourth-order valence-electron chi connectivity index (χ4n) is 1.85. The van der Waals surface area contributed by atoms with Crippen LogP contribution in [0, 0.1) is 6.92 Å². The minimum absolute atomic E-state index is 0.143. The van der Waals surface area contributed by atoms with Crippen molar-refractivity contribution in [3.05, 3.63) is 23.7 Å². The van der Waals surface area contributed by atoms with Crippen molar-refractivity contribution >= 4 is 0 Å². The Hall–Kier alpha value is -0.870. The topological polar surface area (TPSA) is 25.6 Å². The number of furan rings is 1. The number of likely N-dealkylation sites (N-methyl/N-ethyl adjacent to an activating group) is 1. The van der Waals surface area contributed by atoms with Crippen LogP contribution in [0.1, 0.15) is 11.5 Å². The average Bonchev–Trinajstić information content (AvgIpc) is 2.75. The van der Waals surface area contributed by atoms with E-state index >= 15 is 0 Å². The number of halogens is 1. The summed E-state index contributed by atoms with van der Waals surface area (Å²) >= 11 is 0. The first-order chi connectivity index (χ1) is 7.16. The van der Waals surface area contributed by atoms with Crippen molar-refractivity contribution in [1.29, 1.82) is 0 Å². The Morgan fingerprint density at radius 3 is 2.80 bits per heavy atom. The summed E-state index contributed by atoms with van der Waals surface area (Å²) in [6.45, 7) is 3.21. The molecule has 3 nitrogen and oxygen atoms in total. The van der Waals surface area contributed by atoms with Gasteiger partial charge < -0.3 is 9.15 Å². The molecule has 1 fully saturated rings. The molecule has 0 bridgehead atoms. The first kappa shape index (κ1) is 10.6. The fraction of sp³-hybridized carbons (Fsp3) is 0.636. The normalized spacial score (nSPS) is 26.4. The van der Waals surface area contributed by atoms with E-state index in [0.29, 0.717) is 13.2 Å². The summed E-state index contributed by atoms with van der Waals surface area (Å²) in [6.07, 6.45) is -0.883. The molecule has 0 amide bonds. The molecular formula is C11H16FNO2. The van der Waals surface area contributed by atoms with Gasteiger partial charge in [0.1, 0.15) is 17.7 Å². The van der Waals surface area contributed by atoms with E-state index in [0.717, 1.165) is 11.5 Å². The highest BCUT2D eigenvalue weighted by molar-refractivity contribution is 5.05. The minimum atomic E-state index is -0.883. The number of hydrogen-bond acceptors (Lipinski definition) is 3. The Morgan fingerprint density at radius 1 is 1.47 bits per heavy atom. The van der Waals surface area contributed by atoms with E-state index in [-0.39, 0.29) is 12.6 Å².